The van der Waals surface area contributed by atoms with Gasteiger partial charge in [0.15, 0.2) is 15.6 Å². The van der Waals surface area contributed by atoms with Crippen LogP contribution in [0.15, 0.2) is 53.1 Å². The molecule has 9 heteroatoms. The molecule has 0 saturated carbocycles. The fourth-order valence-corrected chi connectivity index (χ4v) is 3.79. The van der Waals surface area contributed by atoms with Gasteiger partial charge in [0, 0.05) is 16.8 Å². The summed E-state index contributed by atoms with van der Waals surface area (Å²) in [5.41, 5.74) is 2.98. The standard InChI is InChI=1S/C21H21ClN2O5S/c1-13-19(23-21(25)28-14(2)16-8-10-18(22)11-9-16)20(29-24-13)17-6-4-15(5-7-17)12-30(3,26)27/h4-11,14H,12H2,1-3H3,(H,23,25). The maximum absolute atomic E-state index is 12.4. The predicted molar refractivity (Wildman–Crippen MR) is 115 cm³/mol. The lowest BCUT2D eigenvalue weighted by molar-refractivity contribution is 0.121. The molecule has 0 radical (unpaired) electrons. The molecule has 1 N–H and O–H groups in total. The number of sulfone groups is 1. The number of benzene rings is 2. The number of ether oxygens (including phenoxy) is 1. The van der Waals surface area contributed by atoms with Gasteiger partial charge in [0.1, 0.15) is 17.5 Å². The quantitative estimate of drug-likeness (QED) is 0.559. The van der Waals surface area contributed by atoms with Gasteiger partial charge >= 0.3 is 6.09 Å². The van der Waals surface area contributed by atoms with E-state index in [-0.39, 0.29) is 5.75 Å². The van der Waals surface area contributed by atoms with Crippen LogP contribution in [0.1, 0.15) is 29.8 Å². The van der Waals surface area contributed by atoms with Crippen LogP contribution >= 0.6 is 11.6 Å². The molecule has 1 aromatic heterocycles. The average molecular weight is 449 g/mol. The average Bonchev–Trinajstić information content (AvgIpc) is 3.02. The van der Waals surface area contributed by atoms with Gasteiger partial charge in [-0.05, 0) is 37.1 Å². The third-order valence-corrected chi connectivity index (χ3v) is 5.47. The summed E-state index contributed by atoms with van der Waals surface area (Å²) in [5.74, 6) is 0.303. The lowest BCUT2D eigenvalue weighted by atomic mass is 10.1. The van der Waals surface area contributed by atoms with Gasteiger partial charge < -0.3 is 9.26 Å². The summed E-state index contributed by atoms with van der Waals surface area (Å²) in [4.78, 5) is 12.4. The first-order chi connectivity index (χ1) is 14.1. The van der Waals surface area contributed by atoms with Crippen molar-refractivity contribution in [3.05, 3.63) is 70.4 Å². The Morgan fingerprint density at radius 3 is 2.40 bits per heavy atom. The van der Waals surface area contributed by atoms with E-state index in [4.69, 9.17) is 20.9 Å². The van der Waals surface area contributed by atoms with Crippen LogP contribution in [-0.4, -0.2) is 25.9 Å². The van der Waals surface area contributed by atoms with Crippen molar-refractivity contribution in [1.82, 2.24) is 5.16 Å². The highest BCUT2D eigenvalue weighted by atomic mass is 35.5. The maximum atomic E-state index is 12.4. The number of hydrogen-bond donors (Lipinski definition) is 1. The van der Waals surface area contributed by atoms with Crippen LogP contribution in [-0.2, 0) is 20.3 Å². The second-order valence-electron chi connectivity index (χ2n) is 6.96. The molecule has 158 valence electrons. The van der Waals surface area contributed by atoms with Crippen molar-refractivity contribution in [3.8, 4) is 11.3 Å². The molecule has 0 saturated heterocycles. The lowest BCUT2D eigenvalue weighted by Gasteiger charge is -2.14. The molecule has 1 amide bonds. The van der Waals surface area contributed by atoms with Gasteiger partial charge in [-0.3, -0.25) is 5.32 Å². The van der Waals surface area contributed by atoms with Gasteiger partial charge in [0.2, 0.25) is 0 Å². The van der Waals surface area contributed by atoms with Crippen LogP contribution in [0.3, 0.4) is 0 Å². The van der Waals surface area contributed by atoms with Crippen molar-refractivity contribution in [2.45, 2.75) is 25.7 Å². The number of aromatic nitrogens is 1. The molecule has 30 heavy (non-hydrogen) atoms. The normalized spacial score (nSPS) is 12.4. The molecular weight excluding hydrogens is 428 g/mol. The van der Waals surface area contributed by atoms with Gasteiger partial charge in [0.25, 0.3) is 0 Å². The second kappa shape index (κ2) is 8.89. The molecule has 3 rings (SSSR count). The van der Waals surface area contributed by atoms with E-state index in [9.17, 15) is 13.2 Å². The Kier molecular flexibility index (Phi) is 6.48. The van der Waals surface area contributed by atoms with E-state index in [1.807, 2.05) is 0 Å². The molecule has 0 bridgehead atoms. The summed E-state index contributed by atoms with van der Waals surface area (Å²) in [6.07, 6.45) is 0.0409. The van der Waals surface area contributed by atoms with Crippen molar-refractivity contribution >= 4 is 33.2 Å². The minimum Gasteiger partial charge on any atom is -0.441 e. The third-order valence-electron chi connectivity index (χ3n) is 4.36. The molecule has 0 aliphatic carbocycles. The van der Waals surface area contributed by atoms with E-state index in [2.05, 4.69) is 10.5 Å². The first kappa shape index (κ1) is 21.9. The molecule has 1 unspecified atom stereocenters. The number of carbonyl (C=O) groups excluding carboxylic acids is 1. The van der Waals surface area contributed by atoms with Crippen LogP contribution < -0.4 is 5.32 Å². The number of halogens is 1. The third kappa shape index (κ3) is 5.61. The van der Waals surface area contributed by atoms with E-state index >= 15 is 0 Å². The molecule has 0 spiro atoms. The maximum Gasteiger partial charge on any atom is 0.412 e. The zero-order valence-corrected chi connectivity index (χ0v) is 18.3. The highest BCUT2D eigenvalue weighted by Gasteiger charge is 2.20. The van der Waals surface area contributed by atoms with Gasteiger partial charge in [-0.2, -0.15) is 0 Å². The molecular formula is C21H21ClN2O5S. The molecule has 0 aliphatic rings. The van der Waals surface area contributed by atoms with Crippen molar-refractivity contribution in [2.24, 2.45) is 0 Å². The van der Waals surface area contributed by atoms with Gasteiger partial charge in [-0.15, -0.1) is 0 Å². The number of amides is 1. The molecule has 0 aliphatic heterocycles. The van der Waals surface area contributed by atoms with Crippen LogP contribution in [0.5, 0.6) is 0 Å². The number of hydrogen-bond acceptors (Lipinski definition) is 6. The van der Waals surface area contributed by atoms with E-state index < -0.39 is 22.0 Å². The minimum atomic E-state index is -3.13. The van der Waals surface area contributed by atoms with E-state index in [0.29, 0.717) is 33.3 Å². The summed E-state index contributed by atoms with van der Waals surface area (Å²) < 4.78 is 33.7. The van der Waals surface area contributed by atoms with Crippen molar-refractivity contribution in [1.29, 1.82) is 0 Å². The van der Waals surface area contributed by atoms with Crippen molar-refractivity contribution < 1.29 is 22.5 Å². The molecule has 3 aromatic rings. The fraction of sp³-hybridized carbons (Fsp3) is 0.238. The van der Waals surface area contributed by atoms with E-state index in [1.54, 1.807) is 62.4 Å². The van der Waals surface area contributed by atoms with Gasteiger partial charge in [-0.1, -0.05) is 53.2 Å². The smallest absolute Gasteiger partial charge is 0.412 e. The predicted octanol–water partition coefficient (Wildman–Crippen LogP) is 5.16. The van der Waals surface area contributed by atoms with E-state index in [0.717, 1.165) is 5.56 Å². The van der Waals surface area contributed by atoms with Gasteiger partial charge in [-0.25, -0.2) is 13.2 Å². The number of nitrogens with one attached hydrogen (secondary N) is 1. The largest absolute Gasteiger partial charge is 0.441 e. The Balaban J connectivity index is 1.74. The van der Waals surface area contributed by atoms with E-state index in [1.165, 1.54) is 6.26 Å². The monoisotopic (exact) mass is 448 g/mol. The number of rotatable bonds is 6. The molecule has 1 atom stereocenters. The Hall–Kier alpha value is -2.84. The Morgan fingerprint density at radius 1 is 1.17 bits per heavy atom. The van der Waals surface area contributed by atoms with Crippen molar-refractivity contribution in [2.75, 3.05) is 11.6 Å². The van der Waals surface area contributed by atoms with Crippen LogP contribution in [0, 0.1) is 6.92 Å². The van der Waals surface area contributed by atoms with Crippen LogP contribution in [0.2, 0.25) is 5.02 Å². The summed E-state index contributed by atoms with van der Waals surface area (Å²) in [5, 5.41) is 7.20. The van der Waals surface area contributed by atoms with Crippen molar-refractivity contribution in [3.63, 3.8) is 0 Å². The van der Waals surface area contributed by atoms with Crippen LogP contribution in [0.4, 0.5) is 10.5 Å². The lowest BCUT2D eigenvalue weighted by Crippen LogP contribution is -2.16. The summed E-state index contributed by atoms with van der Waals surface area (Å²) >= 11 is 5.88. The highest BCUT2D eigenvalue weighted by Crippen LogP contribution is 2.32. The van der Waals surface area contributed by atoms with Crippen LogP contribution in [0.25, 0.3) is 11.3 Å². The zero-order chi connectivity index (χ0) is 21.9. The molecule has 2 aromatic carbocycles. The number of carbonyl (C=O) groups is 1. The first-order valence-electron chi connectivity index (χ1n) is 9.09. The number of nitrogens with zero attached hydrogens (tertiary/aromatic N) is 1. The molecule has 0 fully saturated rings. The molecule has 1 heterocycles. The summed E-state index contributed by atoms with van der Waals surface area (Å²) in [7, 11) is -3.13. The topological polar surface area (TPSA) is 98.5 Å². The second-order valence-corrected chi connectivity index (χ2v) is 9.54. The minimum absolute atomic E-state index is 0.0528. The number of aryl methyl sites for hydroxylation is 1. The fourth-order valence-electron chi connectivity index (χ4n) is 2.86. The SMILES string of the molecule is Cc1noc(-c2ccc(CS(C)(=O)=O)cc2)c1NC(=O)OC(C)c1ccc(Cl)cc1. The summed E-state index contributed by atoms with van der Waals surface area (Å²) in [6, 6.07) is 13.8. The first-order valence-corrected chi connectivity index (χ1v) is 11.5. The molecule has 7 nitrogen and oxygen atoms in total. The number of anilines is 1. The highest BCUT2D eigenvalue weighted by molar-refractivity contribution is 7.89. The Morgan fingerprint density at radius 2 is 1.80 bits per heavy atom. The van der Waals surface area contributed by atoms with Gasteiger partial charge in [0.05, 0.1) is 5.75 Å². The zero-order valence-electron chi connectivity index (χ0n) is 16.7. The Labute approximate surface area is 179 Å². The Bertz CT molecular complexity index is 1140. The summed E-state index contributed by atoms with van der Waals surface area (Å²) in [6.45, 7) is 3.45.